The quantitative estimate of drug-likeness (QED) is 0.627. The number of hydrogen-bond donors (Lipinski definition) is 0. The SMILES string of the molecule is O=[N+]([O-])c1ccc(-n2cc(Cl)cn2)c([N+](=O)[O-])c1. The Morgan fingerprint density at radius 2 is 1.94 bits per heavy atom. The summed E-state index contributed by atoms with van der Waals surface area (Å²) >= 11 is 5.66. The molecule has 0 bridgehead atoms. The molecule has 0 fully saturated rings. The van der Waals surface area contributed by atoms with Crippen molar-refractivity contribution in [3.05, 3.63) is 55.8 Å². The van der Waals surface area contributed by atoms with Crippen LogP contribution in [0.3, 0.4) is 0 Å². The smallest absolute Gasteiger partial charge is 0.258 e. The maximum Gasteiger partial charge on any atom is 0.301 e. The number of nitrogens with zero attached hydrogens (tertiary/aromatic N) is 4. The normalized spacial score (nSPS) is 10.3. The summed E-state index contributed by atoms with van der Waals surface area (Å²) in [5, 5.41) is 25.6. The van der Waals surface area contributed by atoms with E-state index >= 15 is 0 Å². The first-order valence-corrected chi connectivity index (χ1v) is 5.00. The van der Waals surface area contributed by atoms with Crippen molar-refractivity contribution in [3.63, 3.8) is 0 Å². The second-order valence-corrected chi connectivity index (χ2v) is 3.73. The van der Waals surface area contributed by atoms with E-state index in [0.29, 0.717) is 5.02 Å². The molecule has 0 unspecified atom stereocenters. The summed E-state index contributed by atoms with van der Waals surface area (Å²) in [5.74, 6) is 0. The van der Waals surface area contributed by atoms with Crippen LogP contribution in [0.15, 0.2) is 30.6 Å². The topological polar surface area (TPSA) is 104 Å². The average molecular weight is 269 g/mol. The Labute approximate surface area is 105 Å². The summed E-state index contributed by atoms with van der Waals surface area (Å²) in [6.07, 6.45) is 2.68. The van der Waals surface area contributed by atoms with Crippen LogP contribution in [0.5, 0.6) is 0 Å². The minimum absolute atomic E-state index is 0.109. The van der Waals surface area contributed by atoms with E-state index in [1.807, 2.05) is 0 Å². The molecule has 8 nitrogen and oxygen atoms in total. The number of aromatic nitrogens is 2. The molecule has 0 saturated carbocycles. The number of nitro benzene ring substituents is 2. The van der Waals surface area contributed by atoms with E-state index in [4.69, 9.17) is 11.6 Å². The Bertz CT molecular complexity index is 639. The van der Waals surface area contributed by atoms with Crippen molar-refractivity contribution in [2.75, 3.05) is 0 Å². The van der Waals surface area contributed by atoms with Gasteiger partial charge in [0.2, 0.25) is 0 Å². The molecule has 1 aromatic heterocycles. The fourth-order valence-electron chi connectivity index (χ4n) is 1.40. The summed E-state index contributed by atoms with van der Waals surface area (Å²) in [6, 6.07) is 3.29. The van der Waals surface area contributed by atoms with Crippen molar-refractivity contribution in [3.8, 4) is 5.69 Å². The van der Waals surface area contributed by atoms with Gasteiger partial charge in [-0.3, -0.25) is 20.2 Å². The number of nitro groups is 2. The molecular formula is C9H5ClN4O4. The van der Waals surface area contributed by atoms with Gasteiger partial charge in [0.25, 0.3) is 5.69 Å². The van der Waals surface area contributed by atoms with Crippen molar-refractivity contribution in [2.45, 2.75) is 0 Å². The zero-order valence-corrected chi connectivity index (χ0v) is 9.44. The first-order chi connectivity index (χ1) is 8.49. The molecule has 0 aliphatic carbocycles. The molecule has 1 heterocycles. The van der Waals surface area contributed by atoms with E-state index < -0.39 is 15.5 Å². The highest BCUT2D eigenvalue weighted by atomic mass is 35.5. The largest absolute Gasteiger partial charge is 0.301 e. The van der Waals surface area contributed by atoms with Gasteiger partial charge in [0.1, 0.15) is 5.69 Å². The fourth-order valence-corrected chi connectivity index (χ4v) is 1.53. The third-order valence-electron chi connectivity index (χ3n) is 2.16. The standard InChI is InChI=1S/C9H5ClN4O4/c10-6-4-11-12(5-6)8-2-1-7(13(15)16)3-9(8)14(17)18/h1-5H. The van der Waals surface area contributed by atoms with Gasteiger partial charge in [-0.2, -0.15) is 5.10 Å². The lowest BCUT2D eigenvalue weighted by Gasteiger charge is -2.02. The Morgan fingerprint density at radius 1 is 1.22 bits per heavy atom. The van der Waals surface area contributed by atoms with Gasteiger partial charge in [-0.25, -0.2) is 4.68 Å². The van der Waals surface area contributed by atoms with E-state index in [-0.39, 0.29) is 11.4 Å². The van der Waals surface area contributed by atoms with Gasteiger partial charge < -0.3 is 0 Å². The number of benzene rings is 1. The molecule has 0 saturated heterocycles. The predicted octanol–water partition coefficient (Wildman–Crippen LogP) is 2.34. The van der Waals surface area contributed by atoms with Gasteiger partial charge >= 0.3 is 5.69 Å². The van der Waals surface area contributed by atoms with Crippen molar-refractivity contribution in [1.29, 1.82) is 0 Å². The number of non-ortho nitro benzene ring substituents is 1. The van der Waals surface area contributed by atoms with E-state index in [1.165, 1.54) is 23.1 Å². The molecule has 0 aliphatic rings. The van der Waals surface area contributed by atoms with Crippen LogP contribution in [0.25, 0.3) is 5.69 Å². The Balaban J connectivity index is 2.60. The molecule has 0 radical (unpaired) electrons. The second-order valence-electron chi connectivity index (χ2n) is 3.29. The Kier molecular flexibility index (Phi) is 2.94. The minimum atomic E-state index is -0.710. The van der Waals surface area contributed by atoms with Crippen LogP contribution in [0.1, 0.15) is 0 Å². The predicted molar refractivity (Wildman–Crippen MR) is 61.9 cm³/mol. The van der Waals surface area contributed by atoms with Gasteiger partial charge in [-0.1, -0.05) is 11.6 Å². The van der Waals surface area contributed by atoms with Gasteiger partial charge in [0.15, 0.2) is 0 Å². The van der Waals surface area contributed by atoms with Crippen LogP contribution in [-0.4, -0.2) is 19.6 Å². The van der Waals surface area contributed by atoms with Crippen molar-refractivity contribution in [1.82, 2.24) is 9.78 Å². The highest BCUT2D eigenvalue weighted by molar-refractivity contribution is 6.30. The summed E-state index contributed by atoms with van der Waals surface area (Å²) in [4.78, 5) is 20.0. The zero-order valence-electron chi connectivity index (χ0n) is 8.69. The molecule has 2 aromatic rings. The van der Waals surface area contributed by atoms with Gasteiger partial charge in [-0.15, -0.1) is 0 Å². The molecule has 0 aliphatic heterocycles. The molecule has 18 heavy (non-hydrogen) atoms. The van der Waals surface area contributed by atoms with Crippen molar-refractivity contribution in [2.24, 2.45) is 0 Å². The van der Waals surface area contributed by atoms with Crippen LogP contribution in [0.4, 0.5) is 11.4 Å². The van der Waals surface area contributed by atoms with E-state index in [9.17, 15) is 20.2 Å². The van der Waals surface area contributed by atoms with E-state index in [1.54, 1.807) is 0 Å². The lowest BCUT2D eigenvalue weighted by atomic mass is 10.2. The summed E-state index contributed by atoms with van der Waals surface area (Å²) in [6.45, 7) is 0. The lowest BCUT2D eigenvalue weighted by Crippen LogP contribution is -2.01. The zero-order chi connectivity index (χ0) is 13.3. The molecule has 2 rings (SSSR count). The summed E-state index contributed by atoms with van der Waals surface area (Å²) in [5.41, 5.74) is -0.662. The Morgan fingerprint density at radius 3 is 2.44 bits per heavy atom. The Hall–Kier alpha value is -2.48. The fraction of sp³-hybridized carbons (Fsp3) is 0. The maximum absolute atomic E-state index is 10.9. The van der Waals surface area contributed by atoms with Crippen LogP contribution in [0.2, 0.25) is 5.02 Å². The highest BCUT2D eigenvalue weighted by Crippen LogP contribution is 2.27. The first kappa shape index (κ1) is 12.0. The van der Waals surface area contributed by atoms with E-state index in [2.05, 4.69) is 5.10 Å². The molecule has 0 spiro atoms. The van der Waals surface area contributed by atoms with Gasteiger partial charge in [0, 0.05) is 12.3 Å². The average Bonchev–Trinajstić information content (AvgIpc) is 2.74. The molecular weight excluding hydrogens is 264 g/mol. The van der Waals surface area contributed by atoms with E-state index in [0.717, 1.165) is 12.1 Å². The molecule has 0 atom stereocenters. The summed E-state index contributed by atoms with van der Waals surface area (Å²) < 4.78 is 1.18. The van der Waals surface area contributed by atoms with Gasteiger partial charge in [-0.05, 0) is 6.07 Å². The molecule has 92 valence electrons. The van der Waals surface area contributed by atoms with Crippen molar-refractivity contribution >= 4 is 23.0 Å². The monoisotopic (exact) mass is 268 g/mol. The van der Waals surface area contributed by atoms with Crippen LogP contribution >= 0.6 is 11.6 Å². The first-order valence-electron chi connectivity index (χ1n) is 4.62. The number of hydrogen-bond acceptors (Lipinski definition) is 5. The molecule has 9 heteroatoms. The minimum Gasteiger partial charge on any atom is -0.258 e. The molecule has 0 amide bonds. The number of halogens is 1. The summed E-state index contributed by atoms with van der Waals surface area (Å²) in [7, 11) is 0. The third kappa shape index (κ3) is 2.13. The van der Waals surface area contributed by atoms with Crippen molar-refractivity contribution < 1.29 is 9.85 Å². The second kappa shape index (κ2) is 4.41. The van der Waals surface area contributed by atoms with Crippen LogP contribution < -0.4 is 0 Å². The molecule has 1 aromatic carbocycles. The molecule has 0 N–H and O–H groups in total. The number of rotatable bonds is 3. The lowest BCUT2D eigenvalue weighted by molar-refractivity contribution is -0.394. The third-order valence-corrected chi connectivity index (χ3v) is 2.36. The highest BCUT2D eigenvalue weighted by Gasteiger charge is 2.21. The van der Waals surface area contributed by atoms with Crippen LogP contribution in [0, 0.1) is 20.2 Å². The maximum atomic E-state index is 10.9. The van der Waals surface area contributed by atoms with Gasteiger partial charge in [0.05, 0.1) is 27.1 Å². The van der Waals surface area contributed by atoms with Crippen LogP contribution in [-0.2, 0) is 0 Å².